The van der Waals surface area contributed by atoms with Gasteiger partial charge in [0.05, 0.1) is 25.8 Å². The van der Waals surface area contributed by atoms with Crippen molar-refractivity contribution in [3.8, 4) is 5.75 Å². The van der Waals surface area contributed by atoms with E-state index < -0.39 is 5.60 Å². The normalized spacial score (nSPS) is 16.9. The lowest BCUT2D eigenvalue weighted by Crippen LogP contribution is -2.63. The third-order valence-electron chi connectivity index (χ3n) is 3.47. The number of likely N-dealkylation sites (tertiary alicyclic amines) is 1. The Hall–Kier alpha value is -1.75. The molecule has 1 heterocycles. The van der Waals surface area contributed by atoms with Gasteiger partial charge in [-0.05, 0) is 18.6 Å². The molecule has 0 bridgehead atoms. The molecule has 0 aromatic heterocycles. The Morgan fingerprint density at radius 1 is 1.53 bits per heavy atom. The van der Waals surface area contributed by atoms with Crippen LogP contribution in [0.2, 0.25) is 0 Å². The Bertz CT molecular complexity index is 482. The van der Waals surface area contributed by atoms with Crippen molar-refractivity contribution in [2.75, 3.05) is 25.9 Å². The molecule has 1 fully saturated rings. The summed E-state index contributed by atoms with van der Waals surface area (Å²) in [5.74, 6) is 0.284. The molecule has 2 rings (SSSR count). The number of amides is 1. The maximum absolute atomic E-state index is 12.4. The van der Waals surface area contributed by atoms with E-state index in [1.807, 2.05) is 6.92 Å². The topological polar surface area (TPSA) is 75.8 Å². The van der Waals surface area contributed by atoms with E-state index in [2.05, 4.69) is 0 Å². The lowest BCUT2D eigenvalue weighted by molar-refractivity contribution is -0.0860. The molecule has 0 saturated carbocycles. The van der Waals surface area contributed by atoms with Gasteiger partial charge in [-0.1, -0.05) is 19.4 Å². The molecule has 104 valence electrons. The second-order valence-electron chi connectivity index (χ2n) is 5.06. The van der Waals surface area contributed by atoms with Crippen molar-refractivity contribution in [3.63, 3.8) is 0 Å². The summed E-state index contributed by atoms with van der Waals surface area (Å²) in [6.45, 7) is 2.73. The zero-order chi connectivity index (χ0) is 14.0. The van der Waals surface area contributed by atoms with E-state index in [4.69, 9.17) is 10.5 Å². The number of nitrogens with zero attached hydrogens (tertiary/aromatic N) is 1. The number of carbonyl (C=O) groups is 1. The number of hydrogen-bond acceptors (Lipinski definition) is 4. The van der Waals surface area contributed by atoms with Crippen LogP contribution in [0.25, 0.3) is 0 Å². The van der Waals surface area contributed by atoms with Crippen molar-refractivity contribution >= 4 is 11.6 Å². The molecule has 0 radical (unpaired) electrons. The third kappa shape index (κ3) is 2.51. The van der Waals surface area contributed by atoms with Crippen LogP contribution < -0.4 is 10.5 Å². The van der Waals surface area contributed by atoms with Crippen molar-refractivity contribution in [1.29, 1.82) is 0 Å². The van der Waals surface area contributed by atoms with E-state index in [9.17, 15) is 9.90 Å². The summed E-state index contributed by atoms with van der Waals surface area (Å²) >= 11 is 0. The average Bonchev–Trinajstić information content (AvgIpc) is 2.35. The van der Waals surface area contributed by atoms with Crippen molar-refractivity contribution in [3.05, 3.63) is 23.8 Å². The number of aliphatic hydroxyl groups is 1. The standard InChI is InChI=1S/C14H20N2O3/c1-3-7-14(18)8-16(9-14)13(17)12-10(15)5-4-6-11(12)19-2/h4-6,18H,3,7-9,15H2,1-2H3. The molecule has 3 N–H and O–H groups in total. The minimum Gasteiger partial charge on any atom is -0.496 e. The molecule has 5 nitrogen and oxygen atoms in total. The monoisotopic (exact) mass is 264 g/mol. The number of hydrogen-bond donors (Lipinski definition) is 2. The quantitative estimate of drug-likeness (QED) is 0.803. The first kappa shape index (κ1) is 13.7. The van der Waals surface area contributed by atoms with E-state index in [0.717, 1.165) is 6.42 Å². The van der Waals surface area contributed by atoms with Crippen molar-refractivity contribution in [2.45, 2.75) is 25.4 Å². The third-order valence-corrected chi connectivity index (χ3v) is 3.47. The molecule has 0 spiro atoms. The van der Waals surface area contributed by atoms with Gasteiger partial charge in [-0.25, -0.2) is 0 Å². The molecule has 1 aliphatic heterocycles. The summed E-state index contributed by atoms with van der Waals surface area (Å²) in [7, 11) is 1.51. The van der Waals surface area contributed by atoms with Crippen LogP contribution in [0.4, 0.5) is 5.69 Å². The first-order valence-corrected chi connectivity index (χ1v) is 6.45. The van der Waals surface area contributed by atoms with Crippen molar-refractivity contribution in [1.82, 2.24) is 4.90 Å². The van der Waals surface area contributed by atoms with Gasteiger partial charge in [0.2, 0.25) is 0 Å². The highest BCUT2D eigenvalue weighted by Crippen LogP contribution is 2.31. The van der Waals surface area contributed by atoms with Crippen LogP contribution in [0.5, 0.6) is 5.75 Å². The van der Waals surface area contributed by atoms with E-state index >= 15 is 0 Å². The highest BCUT2D eigenvalue weighted by Gasteiger charge is 2.43. The van der Waals surface area contributed by atoms with Gasteiger partial charge in [0.25, 0.3) is 5.91 Å². The second-order valence-corrected chi connectivity index (χ2v) is 5.06. The predicted molar refractivity (Wildman–Crippen MR) is 73.2 cm³/mol. The minimum atomic E-state index is -0.735. The molecule has 1 aromatic rings. The van der Waals surface area contributed by atoms with Gasteiger partial charge < -0.3 is 20.5 Å². The number of nitrogens with two attached hydrogens (primary N) is 1. The molecule has 0 aliphatic carbocycles. The maximum atomic E-state index is 12.4. The molecular weight excluding hydrogens is 244 g/mol. The smallest absolute Gasteiger partial charge is 0.259 e. The number of β-amino-alcohol motifs (C(OH)–C–C–N with tert-alkyl or cyclic N) is 1. The van der Waals surface area contributed by atoms with Crippen molar-refractivity contribution < 1.29 is 14.6 Å². The van der Waals surface area contributed by atoms with E-state index in [-0.39, 0.29) is 5.91 Å². The molecule has 5 heteroatoms. The Balaban J connectivity index is 2.15. The van der Waals surface area contributed by atoms with Gasteiger partial charge >= 0.3 is 0 Å². The van der Waals surface area contributed by atoms with Crippen LogP contribution in [-0.2, 0) is 0 Å². The zero-order valence-corrected chi connectivity index (χ0v) is 11.3. The SMILES string of the molecule is CCCC1(O)CN(C(=O)c2c(N)cccc2OC)C1. The summed E-state index contributed by atoms with van der Waals surface area (Å²) < 4.78 is 5.18. The first-order valence-electron chi connectivity index (χ1n) is 6.45. The number of rotatable bonds is 4. The summed E-state index contributed by atoms with van der Waals surface area (Å²) in [5.41, 5.74) is 5.89. The largest absolute Gasteiger partial charge is 0.496 e. The summed E-state index contributed by atoms with van der Waals surface area (Å²) in [6.07, 6.45) is 1.60. The van der Waals surface area contributed by atoms with E-state index in [0.29, 0.717) is 36.5 Å². The maximum Gasteiger partial charge on any atom is 0.259 e. The molecule has 0 atom stereocenters. The Morgan fingerprint density at radius 3 is 2.79 bits per heavy atom. The molecule has 1 amide bonds. The predicted octanol–water partition coefficient (Wildman–Crippen LogP) is 1.26. The summed E-state index contributed by atoms with van der Waals surface area (Å²) in [5, 5.41) is 10.1. The fourth-order valence-corrected chi connectivity index (χ4v) is 2.54. The number of ether oxygens (including phenoxy) is 1. The van der Waals surface area contributed by atoms with E-state index in [1.54, 1.807) is 23.1 Å². The lowest BCUT2D eigenvalue weighted by Gasteiger charge is -2.46. The van der Waals surface area contributed by atoms with Crippen LogP contribution in [-0.4, -0.2) is 41.7 Å². The summed E-state index contributed by atoms with van der Waals surface area (Å²) in [6, 6.07) is 5.13. The van der Waals surface area contributed by atoms with Crippen LogP contribution in [0.1, 0.15) is 30.1 Å². The molecule has 19 heavy (non-hydrogen) atoms. The van der Waals surface area contributed by atoms with Gasteiger partial charge in [-0.3, -0.25) is 4.79 Å². The van der Waals surface area contributed by atoms with Gasteiger partial charge in [-0.2, -0.15) is 0 Å². The van der Waals surface area contributed by atoms with Gasteiger partial charge in [0, 0.05) is 5.69 Å². The average molecular weight is 264 g/mol. The summed E-state index contributed by atoms with van der Waals surface area (Å²) in [4.78, 5) is 14.0. The van der Waals surface area contributed by atoms with E-state index in [1.165, 1.54) is 7.11 Å². The number of benzene rings is 1. The number of anilines is 1. The van der Waals surface area contributed by atoms with Crippen LogP contribution in [0.15, 0.2) is 18.2 Å². The van der Waals surface area contributed by atoms with Crippen LogP contribution in [0, 0.1) is 0 Å². The molecule has 1 aliphatic rings. The number of methoxy groups -OCH3 is 1. The van der Waals surface area contributed by atoms with Crippen LogP contribution in [0.3, 0.4) is 0 Å². The minimum absolute atomic E-state index is 0.185. The fourth-order valence-electron chi connectivity index (χ4n) is 2.54. The zero-order valence-electron chi connectivity index (χ0n) is 11.3. The second kappa shape index (κ2) is 5.09. The van der Waals surface area contributed by atoms with Crippen LogP contribution >= 0.6 is 0 Å². The number of carbonyl (C=O) groups excluding carboxylic acids is 1. The molecular formula is C14H20N2O3. The first-order chi connectivity index (χ1) is 9.00. The lowest BCUT2D eigenvalue weighted by atomic mass is 9.88. The molecule has 1 saturated heterocycles. The van der Waals surface area contributed by atoms with Gasteiger partial charge in [-0.15, -0.1) is 0 Å². The highest BCUT2D eigenvalue weighted by molar-refractivity contribution is 6.02. The Morgan fingerprint density at radius 2 is 2.21 bits per heavy atom. The fraction of sp³-hybridized carbons (Fsp3) is 0.500. The Labute approximate surface area is 113 Å². The van der Waals surface area contributed by atoms with Crippen molar-refractivity contribution in [2.24, 2.45) is 0 Å². The highest BCUT2D eigenvalue weighted by atomic mass is 16.5. The molecule has 1 aromatic carbocycles. The number of nitrogen functional groups attached to an aromatic ring is 1. The Kier molecular flexibility index (Phi) is 3.66. The molecule has 0 unspecified atom stereocenters. The van der Waals surface area contributed by atoms with Gasteiger partial charge in [0.1, 0.15) is 11.3 Å². The van der Waals surface area contributed by atoms with Gasteiger partial charge in [0.15, 0.2) is 0 Å².